The van der Waals surface area contributed by atoms with Crippen LogP contribution in [-0.4, -0.2) is 63.5 Å². The van der Waals surface area contributed by atoms with Gasteiger partial charge in [-0.05, 0) is 24.3 Å². The summed E-state index contributed by atoms with van der Waals surface area (Å²) in [6.07, 6.45) is 3.89. The van der Waals surface area contributed by atoms with Gasteiger partial charge in [0.1, 0.15) is 5.82 Å². The Morgan fingerprint density at radius 1 is 1.07 bits per heavy atom. The summed E-state index contributed by atoms with van der Waals surface area (Å²) in [5.74, 6) is 0.768. The fourth-order valence-electron chi connectivity index (χ4n) is 2.74. The van der Waals surface area contributed by atoms with Gasteiger partial charge >= 0.3 is 0 Å². The Kier molecular flexibility index (Phi) is 5.96. The van der Waals surface area contributed by atoms with E-state index < -0.39 is 20.0 Å². The van der Waals surface area contributed by atoms with Crippen molar-refractivity contribution in [1.29, 1.82) is 0 Å². The number of hydrogen-bond acceptors (Lipinski definition) is 6. The van der Waals surface area contributed by atoms with Crippen molar-refractivity contribution in [3.8, 4) is 0 Å². The summed E-state index contributed by atoms with van der Waals surface area (Å²) in [5, 5.41) is 0. The van der Waals surface area contributed by atoms with Gasteiger partial charge in [-0.2, -0.15) is 4.31 Å². The second kappa shape index (κ2) is 8.07. The van der Waals surface area contributed by atoms with Crippen molar-refractivity contribution in [3.05, 3.63) is 42.5 Å². The highest BCUT2D eigenvalue weighted by molar-refractivity contribution is 7.89. The minimum atomic E-state index is -3.73. The average Bonchev–Trinajstić information content (AvgIpc) is 3.07. The lowest BCUT2D eigenvalue weighted by Gasteiger charge is -2.26. The molecule has 0 unspecified atom stereocenters. The first-order valence-electron chi connectivity index (χ1n) is 8.44. The zero-order valence-electron chi connectivity index (χ0n) is 14.9. The molecule has 1 saturated heterocycles. The van der Waals surface area contributed by atoms with Crippen molar-refractivity contribution in [2.75, 3.05) is 32.8 Å². The summed E-state index contributed by atoms with van der Waals surface area (Å²) in [6.45, 7) is 1.48. The van der Waals surface area contributed by atoms with Crippen LogP contribution in [0.15, 0.2) is 46.5 Å². The number of benzene rings is 1. The Balaban J connectivity index is 1.67. The first kappa shape index (κ1) is 20.0. The van der Waals surface area contributed by atoms with E-state index in [-0.39, 0.29) is 29.4 Å². The van der Waals surface area contributed by atoms with Gasteiger partial charge in [-0.1, -0.05) is 0 Å². The van der Waals surface area contributed by atoms with Crippen LogP contribution >= 0.6 is 0 Å². The number of morpholine rings is 1. The fourth-order valence-corrected chi connectivity index (χ4v) is 5.18. The molecule has 9 nitrogen and oxygen atoms in total. The van der Waals surface area contributed by atoms with E-state index in [0.29, 0.717) is 19.6 Å². The molecule has 2 aromatic rings. The van der Waals surface area contributed by atoms with E-state index in [4.69, 9.17) is 4.74 Å². The number of imidazole rings is 1. The molecule has 0 atom stereocenters. The number of sulfonamides is 2. The lowest BCUT2D eigenvalue weighted by molar-refractivity contribution is 0.0730. The first-order valence-corrected chi connectivity index (χ1v) is 11.4. The highest BCUT2D eigenvalue weighted by atomic mass is 32.2. The van der Waals surface area contributed by atoms with Crippen molar-refractivity contribution < 1.29 is 21.6 Å². The van der Waals surface area contributed by atoms with Crippen LogP contribution in [0.25, 0.3) is 0 Å². The monoisotopic (exact) mass is 414 g/mol. The minimum absolute atomic E-state index is 0.0169. The van der Waals surface area contributed by atoms with Crippen LogP contribution in [0.4, 0.5) is 0 Å². The molecule has 0 radical (unpaired) electrons. The van der Waals surface area contributed by atoms with Crippen LogP contribution in [0.3, 0.4) is 0 Å². The van der Waals surface area contributed by atoms with Gasteiger partial charge in [0, 0.05) is 45.5 Å². The van der Waals surface area contributed by atoms with Gasteiger partial charge in [0.2, 0.25) is 20.0 Å². The van der Waals surface area contributed by atoms with Crippen molar-refractivity contribution in [3.63, 3.8) is 0 Å². The summed E-state index contributed by atoms with van der Waals surface area (Å²) in [5.41, 5.74) is 0. The van der Waals surface area contributed by atoms with Crippen LogP contribution in [0.1, 0.15) is 5.82 Å². The molecule has 2 heterocycles. The van der Waals surface area contributed by atoms with Crippen molar-refractivity contribution >= 4 is 20.0 Å². The molecule has 148 valence electrons. The summed E-state index contributed by atoms with van der Waals surface area (Å²) in [6, 6.07) is 5.24. The van der Waals surface area contributed by atoms with E-state index in [9.17, 15) is 16.8 Å². The van der Waals surface area contributed by atoms with Crippen LogP contribution in [0.5, 0.6) is 0 Å². The maximum atomic E-state index is 12.6. The average molecular weight is 415 g/mol. The maximum absolute atomic E-state index is 12.6. The third-order valence-corrected chi connectivity index (χ3v) is 7.69. The third-order valence-electron chi connectivity index (χ3n) is 4.30. The predicted molar refractivity (Wildman–Crippen MR) is 98.1 cm³/mol. The second-order valence-corrected chi connectivity index (χ2v) is 9.79. The molecule has 3 rings (SSSR count). The Bertz CT molecular complexity index is 978. The van der Waals surface area contributed by atoms with Crippen LogP contribution in [0.2, 0.25) is 0 Å². The van der Waals surface area contributed by atoms with E-state index in [0.717, 1.165) is 5.82 Å². The normalized spacial score (nSPS) is 16.5. The number of ether oxygens (including phenoxy) is 1. The molecule has 1 aliphatic heterocycles. The molecule has 1 aliphatic rings. The molecule has 0 amide bonds. The van der Waals surface area contributed by atoms with Crippen LogP contribution < -0.4 is 4.72 Å². The Morgan fingerprint density at radius 2 is 1.70 bits per heavy atom. The molecule has 27 heavy (non-hydrogen) atoms. The Hall–Kier alpha value is -1.79. The summed E-state index contributed by atoms with van der Waals surface area (Å²) in [4.78, 5) is 4.22. The number of nitrogens with zero attached hydrogens (tertiary/aromatic N) is 3. The molecule has 1 fully saturated rings. The van der Waals surface area contributed by atoms with Crippen molar-refractivity contribution in [2.45, 2.75) is 16.2 Å². The molecule has 0 aliphatic carbocycles. The van der Waals surface area contributed by atoms with Gasteiger partial charge in [0.15, 0.2) is 0 Å². The first-order chi connectivity index (χ1) is 12.8. The highest BCUT2D eigenvalue weighted by Gasteiger charge is 2.26. The maximum Gasteiger partial charge on any atom is 0.243 e. The molecule has 1 aromatic heterocycles. The van der Waals surface area contributed by atoms with Gasteiger partial charge in [0.05, 0.1) is 23.0 Å². The lowest BCUT2D eigenvalue weighted by atomic mass is 10.4. The summed E-state index contributed by atoms with van der Waals surface area (Å²) in [7, 11) is -5.54. The van der Waals surface area contributed by atoms with Gasteiger partial charge in [-0.15, -0.1) is 0 Å². The molecule has 0 spiro atoms. The summed E-state index contributed by atoms with van der Waals surface area (Å²) >= 11 is 0. The number of hydrogen-bond donors (Lipinski definition) is 1. The van der Waals surface area contributed by atoms with E-state index in [2.05, 4.69) is 9.71 Å². The van der Waals surface area contributed by atoms with Gasteiger partial charge in [-0.25, -0.2) is 26.5 Å². The number of aromatic nitrogens is 2. The van der Waals surface area contributed by atoms with Crippen molar-refractivity contribution in [2.24, 2.45) is 7.05 Å². The minimum Gasteiger partial charge on any atom is -0.379 e. The Labute approximate surface area is 159 Å². The SMILES string of the molecule is Cn1ccnc1CCNS(=O)(=O)c1ccc(S(=O)(=O)N2CCOCC2)cc1. The summed E-state index contributed by atoms with van der Waals surface area (Å²) < 4.78 is 60.8. The quantitative estimate of drug-likeness (QED) is 0.681. The third kappa shape index (κ3) is 4.55. The van der Waals surface area contributed by atoms with Crippen LogP contribution in [0, 0.1) is 0 Å². The zero-order valence-corrected chi connectivity index (χ0v) is 16.5. The highest BCUT2D eigenvalue weighted by Crippen LogP contribution is 2.19. The molecule has 1 N–H and O–H groups in total. The molecule has 0 bridgehead atoms. The van der Waals surface area contributed by atoms with Gasteiger partial charge in [-0.3, -0.25) is 0 Å². The standard InChI is InChI=1S/C16H22N4O5S2/c1-19-9-8-17-16(19)6-7-18-26(21,22)14-2-4-15(5-3-14)27(23,24)20-10-12-25-13-11-20/h2-5,8-9,18H,6-7,10-13H2,1H3. The molecule has 0 saturated carbocycles. The van der Waals surface area contributed by atoms with E-state index >= 15 is 0 Å². The van der Waals surface area contributed by atoms with Gasteiger partial charge < -0.3 is 9.30 Å². The molecular formula is C16H22N4O5S2. The lowest BCUT2D eigenvalue weighted by Crippen LogP contribution is -2.40. The largest absolute Gasteiger partial charge is 0.379 e. The predicted octanol–water partition coefficient (Wildman–Crippen LogP) is -0.0380. The number of aryl methyl sites for hydroxylation is 1. The molecule has 1 aromatic carbocycles. The Morgan fingerprint density at radius 3 is 2.30 bits per heavy atom. The van der Waals surface area contributed by atoms with E-state index in [1.165, 1.54) is 28.6 Å². The zero-order chi connectivity index (χ0) is 19.5. The number of nitrogens with one attached hydrogen (secondary N) is 1. The topological polar surface area (TPSA) is 111 Å². The van der Waals surface area contributed by atoms with E-state index in [1.807, 2.05) is 11.6 Å². The fraction of sp³-hybridized carbons (Fsp3) is 0.438. The molecular weight excluding hydrogens is 392 g/mol. The van der Waals surface area contributed by atoms with E-state index in [1.54, 1.807) is 12.4 Å². The number of rotatable bonds is 7. The van der Waals surface area contributed by atoms with Gasteiger partial charge in [0.25, 0.3) is 0 Å². The smallest absolute Gasteiger partial charge is 0.243 e. The second-order valence-electron chi connectivity index (χ2n) is 6.09. The van der Waals surface area contributed by atoms with Crippen molar-refractivity contribution in [1.82, 2.24) is 18.6 Å². The molecule has 11 heteroatoms. The van der Waals surface area contributed by atoms with Crippen LogP contribution in [-0.2, 0) is 38.3 Å².